The molecule has 198 valence electrons. The first-order chi connectivity index (χ1) is 17.2. The molecule has 1 saturated carbocycles. The standard InChI is InChI=1S/C24H28N4O9/c1-7-8-4-5-9(27-10(29)6-25)17(30)12(8)18(31)13-11(7)19(32)15-16(28(2)3)20(33)14(23(26)36)22(35)24(15,37)21(13)34/h4-5,7,11,15-16,19,30-32,35,37H,6,25H2,1-3H3,(H2,26,36)(H,27,29)/t7?,11?,15?,16-,19?,24?/m0/s1. The zero-order chi connectivity index (χ0) is 27.7. The second kappa shape index (κ2) is 8.66. The van der Waals surface area contributed by atoms with Crippen molar-refractivity contribution in [3.05, 3.63) is 40.2 Å². The Balaban J connectivity index is 2.01. The van der Waals surface area contributed by atoms with Gasteiger partial charge in [0.2, 0.25) is 11.7 Å². The van der Waals surface area contributed by atoms with E-state index in [4.69, 9.17) is 11.5 Å². The van der Waals surface area contributed by atoms with Crippen LogP contribution in [0.25, 0.3) is 5.76 Å². The first-order valence-electron chi connectivity index (χ1n) is 11.4. The normalized spacial score (nSPS) is 31.2. The summed E-state index contributed by atoms with van der Waals surface area (Å²) in [4.78, 5) is 52.1. The Labute approximate surface area is 210 Å². The lowest BCUT2D eigenvalue weighted by molar-refractivity contribution is -0.169. The van der Waals surface area contributed by atoms with Crippen LogP contribution in [0.15, 0.2) is 29.0 Å². The van der Waals surface area contributed by atoms with Gasteiger partial charge in [0.25, 0.3) is 5.91 Å². The van der Waals surface area contributed by atoms with E-state index in [1.807, 2.05) is 0 Å². The number of nitrogens with zero attached hydrogens (tertiary/aromatic N) is 1. The molecule has 3 aliphatic carbocycles. The number of carbonyl (C=O) groups is 4. The van der Waals surface area contributed by atoms with E-state index in [1.54, 1.807) is 6.92 Å². The number of aliphatic hydroxyl groups excluding tert-OH is 3. The fraction of sp³-hybridized carbons (Fsp3) is 0.417. The first kappa shape index (κ1) is 26.3. The number of aromatic hydroxyl groups is 1. The van der Waals surface area contributed by atoms with Gasteiger partial charge in [-0.1, -0.05) is 13.0 Å². The highest BCUT2D eigenvalue weighted by Crippen LogP contribution is 2.56. The van der Waals surface area contributed by atoms with Gasteiger partial charge >= 0.3 is 0 Å². The average molecular weight is 517 g/mol. The summed E-state index contributed by atoms with van der Waals surface area (Å²) in [6.07, 6.45) is -1.69. The number of hydrogen-bond acceptors (Lipinski definition) is 11. The maximum absolute atomic E-state index is 13.9. The molecule has 0 bridgehead atoms. The molecule has 37 heavy (non-hydrogen) atoms. The molecular weight excluding hydrogens is 488 g/mol. The van der Waals surface area contributed by atoms with Gasteiger partial charge in [-0.3, -0.25) is 24.1 Å². The van der Waals surface area contributed by atoms with Crippen LogP contribution in [0.2, 0.25) is 0 Å². The molecule has 3 aliphatic rings. The molecule has 2 amide bonds. The number of phenols is 1. The summed E-state index contributed by atoms with van der Waals surface area (Å²) in [5, 5.41) is 58.5. The summed E-state index contributed by atoms with van der Waals surface area (Å²) in [7, 11) is 2.86. The molecule has 13 nitrogen and oxygen atoms in total. The summed E-state index contributed by atoms with van der Waals surface area (Å²) >= 11 is 0. The van der Waals surface area contributed by atoms with E-state index in [0.29, 0.717) is 5.56 Å². The molecule has 0 aliphatic heterocycles. The summed E-state index contributed by atoms with van der Waals surface area (Å²) in [5.74, 6) is -10.5. The minimum atomic E-state index is -3.00. The SMILES string of the molecule is CC1c2ccc(NC(=O)CN)c(O)c2C(O)=C2C(=O)C3(O)C(O)=C(C(N)=O)C(=O)[C@@H](N(C)C)C3C(O)C21. The number of ketones is 2. The van der Waals surface area contributed by atoms with E-state index in [-0.39, 0.29) is 17.8 Å². The molecule has 6 atom stereocenters. The van der Waals surface area contributed by atoms with Crippen LogP contribution in [0.3, 0.4) is 0 Å². The lowest BCUT2D eigenvalue weighted by atomic mass is 9.54. The van der Waals surface area contributed by atoms with Gasteiger partial charge < -0.3 is 42.3 Å². The minimum Gasteiger partial charge on any atom is -0.508 e. The third-order valence-corrected chi connectivity index (χ3v) is 7.59. The molecule has 0 heterocycles. The van der Waals surface area contributed by atoms with Crippen LogP contribution < -0.4 is 16.8 Å². The number of Topliss-reactive ketones (excluding diaryl/α,β-unsaturated/α-hetero) is 2. The number of aliphatic hydroxyl groups is 4. The predicted molar refractivity (Wildman–Crippen MR) is 128 cm³/mol. The second-order valence-corrected chi connectivity index (χ2v) is 9.73. The van der Waals surface area contributed by atoms with Crippen molar-refractivity contribution >= 4 is 34.8 Å². The topological polar surface area (TPSA) is 237 Å². The lowest BCUT2D eigenvalue weighted by Gasteiger charge is -2.53. The number of anilines is 1. The van der Waals surface area contributed by atoms with Crippen molar-refractivity contribution in [2.75, 3.05) is 26.0 Å². The summed E-state index contributed by atoms with van der Waals surface area (Å²) < 4.78 is 0. The number of carbonyl (C=O) groups excluding carboxylic acids is 4. The Morgan fingerprint density at radius 3 is 2.32 bits per heavy atom. The van der Waals surface area contributed by atoms with Gasteiger partial charge in [-0.2, -0.15) is 0 Å². The van der Waals surface area contributed by atoms with E-state index in [2.05, 4.69) is 5.32 Å². The number of hydrogen-bond donors (Lipinski definition) is 8. The molecule has 1 fully saturated rings. The Morgan fingerprint density at radius 2 is 1.78 bits per heavy atom. The maximum Gasteiger partial charge on any atom is 0.255 e. The van der Waals surface area contributed by atoms with Gasteiger partial charge in [-0.25, -0.2) is 0 Å². The van der Waals surface area contributed by atoms with Crippen molar-refractivity contribution in [1.82, 2.24) is 4.90 Å². The fourth-order valence-corrected chi connectivity index (χ4v) is 5.92. The molecule has 0 aromatic heterocycles. The van der Waals surface area contributed by atoms with Crippen LogP contribution in [0, 0.1) is 11.8 Å². The van der Waals surface area contributed by atoms with Crippen LogP contribution in [-0.2, 0) is 19.2 Å². The third kappa shape index (κ3) is 3.39. The monoisotopic (exact) mass is 516 g/mol. The molecule has 10 N–H and O–H groups in total. The van der Waals surface area contributed by atoms with E-state index in [1.165, 1.54) is 31.1 Å². The van der Waals surface area contributed by atoms with Crippen LogP contribution in [0.1, 0.15) is 24.0 Å². The second-order valence-electron chi connectivity index (χ2n) is 9.73. The zero-order valence-electron chi connectivity index (χ0n) is 20.2. The quantitative estimate of drug-likeness (QED) is 0.167. The highest BCUT2D eigenvalue weighted by Gasteiger charge is 2.68. The van der Waals surface area contributed by atoms with Gasteiger partial charge in [0, 0.05) is 11.5 Å². The number of phenolic OH excluding ortho intramolecular Hbond substituents is 1. The minimum absolute atomic E-state index is 0.109. The number of amides is 2. The van der Waals surface area contributed by atoms with Crippen LogP contribution in [-0.4, -0.2) is 92.2 Å². The summed E-state index contributed by atoms with van der Waals surface area (Å²) in [6.45, 7) is 1.22. The Morgan fingerprint density at radius 1 is 1.16 bits per heavy atom. The van der Waals surface area contributed by atoms with Crippen molar-refractivity contribution in [2.45, 2.75) is 30.6 Å². The van der Waals surface area contributed by atoms with E-state index < -0.39 is 87.3 Å². The lowest BCUT2D eigenvalue weighted by Crippen LogP contribution is -2.70. The molecule has 4 rings (SSSR count). The van der Waals surface area contributed by atoms with Crippen molar-refractivity contribution in [3.63, 3.8) is 0 Å². The van der Waals surface area contributed by atoms with E-state index in [0.717, 1.165) is 0 Å². The molecule has 1 aromatic carbocycles. The highest BCUT2D eigenvalue weighted by atomic mass is 16.4. The van der Waals surface area contributed by atoms with Crippen LogP contribution in [0.4, 0.5) is 5.69 Å². The molecule has 1 aromatic rings. The zero-order valence-corrected chi connectivity index (χ0v) is 20.2. The van der Waals surface area contributed by atoms with Gasteiger partial charge in [-0.15, -0.1) is 0 Å². The molecule has 0 spiro atoms. The Hall–Kier alpha value is -3.78. The predicted octanol–water partition coefficient (Wildman–Crippen LogP) is -1.61. The highest BCUT2D eigenvalue weighted by molar-refractivity contribution is 6.24. The third-order valence-electron chi connectivity index (χ3n) is 7.59. The number of likely N-dealkylation sites (N-methyl/N-ethyl adjacent to an activating group) is 1. The van der Waals surface area contributed by atoms with Gasteiger partial charge in [0.1, 0.15) is 22.8 Å². The number of fused-ring (bicyclic) bond motifs is 3. The Kier molecular flexibility index (Phi) is 6.15. The van der Waals surface area contributed by atoms with E-state index >= 15 is 0 Å². The van der Waals surface area contributed by atoms with Crippen LogP contribution >= 0.6 is 0 Å². The number of rotatable bonds is 4. The van der Waals surface area contributed by atoms with Gasteiger partial charge in [0.05, 0.1) is 35.9 Å². The first-order valence-corrected chi connectivity index (χ1v) is 11.4. The smallest absolute Gasteiger partial charge is 0.255 e. The molecule has 0 radical (unpaired) electrons. The summed E-state index contributed by atoms with van der Waals surface area (Å²) in [6, 6.07) is 1.42. The van der Waals surface area contributed by atoms with Crippen LogP contribution in [0.5, 0.6) is 5.75 Å². The summed E-state index contributed by atoms with van der Waals surface area (Å²) in [5.41, 5.74) is 6.05. The maximum atomic E-state index is 13.9. The van der Waals surface area contributed by atoms with Crippen molar-refractivity contribution in [1.29, 1.82) is 0 Å². The van der Waals surface area contributed by atoms with Crippen molar-refractivity contribution in [3.8, 4) is 5.75 Å². The van der Waals surface area contributed by atoms with Gasteiger partial charge in [-0.05, 0) is 31.6 Å². The number of benzene rings is 1. The van der Waals surface area contributed by atoms with E-state index in [9.17, 15) is 44.7 Å². The molecule has 13 heteroatoms. The molecule has 0 saturated heterocycles. The molecular formula is C24H28N4O9. The molecule has 5 unspecified atom stereocenters. The largest absolute Gasteiger partial charge is 0.508 e. The van der Waals surface area contributed by atoms with Crippen molar-refractivity contribution in [2.24, 2.45) is 23.3 Å². The fourth-order valence-electron chi connectivity index (χ4n) is 5.92. The number of primary amides is 1. The van der Waals surface area contributed by atoms with Crippen molar-refractivity contribution < 1.29 is 44.7 Å². The average Bonchev–Trinajstić information content (AvgIpc) is 2.82. The number of nitrogens with one attached hydrogen (secondary N) is 1. The Bertz CT molecular complexity index is 1320. The van der Waals surface area contributed by atoms with Gasteiger partial charge in [0.15, 0.2) is 11.4 Å². The number of nitrogens with two attached hydrogens (primary N) is 2.